The summed E-state index contributed by atoms with van der Waals surface area (Å²) in [5.41, 5.74) is -0.100. The van der Waals surface area contributed by atoms with Crippen molar-refractivity contribution in [2.75, 3.05) is 13.1 Å². The fraction of sp³-hybridized carbons (Fsp3) is 0.923. The van der Waals surface area contributed by atoms with Crippen molar-refractivity contribution in [3.8, 4) is 0 Å². The van der Waals surface area contributed by atoms with Crippen LogP contribution in [0.4, 0.5) is 0 Å². The first kappa shape index (κ1) is 11.0. The van der Waals surface area contributed by atoms with Crippen molar-refractivity contribution in [1.29, 1.82) is 0 Å². The molecular weight excluding hydrogens is 184 g/mol. The lowest BCUT2D eigenvalue weighted by molar-refractivity contribution is 0.0885. The molecule has 0 amide bonds. The fourth-order valence-corrected chi connectivity index (χ4v) is 3.10. The average Bonchev–Trinajstić information content (AvgIpc) is 2.56. The molecule has 1 heterocycles. The van der Waals surface area contributed by atoms with Crippen molar-refractivity contribution < 1.29 is 0 Å². The van der Waals surface area contributed by atoms with Crippen LogP contribution in [0.15, 0.2) is 0 Å². The first-order valence-electron chi connectivity index (χ1n) is 6.51. The highest BCUT2D eigenvalue weighted by molar-refractivity contribution is 4.99. The highest BCUT2D eigenvalue weighted by atomic mass is 15.3. The van der Waals surface area contributed by atoms with Gasteiger partial charge in [-0.3, -0.25) is 4.85 Å². The van der Waals surface area contributed by atoms with Crippen LogP contribution in [0.5, 0.6) is 0 Å². The van der Waals surface area contributed by atoms with E-state index in [1.54, 1.807) is 0 Å². The minimum atomic E-state index is -0.100. The number of hydrogen-bond acceptors (Lipinski definition) is 1. The van der Waals surface area contributed by atoms with Crippen LogP contribution in [0, 0.1) is 6.57 Å². The Morgan fingerprint density at radius 2 is 1.33 bits per heavy atom. The van der Waals surface area contributed by atoms with Crippen LogP contribution >= 0.6 is 0 Å². The normalized spacial score (nSPS) is 27.9. The average molecular weight is 206 g/mol. The Balaban J connectivity index is 2.07. The largest absolute Gasteiger partial charge is 0.293 e. The van der Waals surface area contributed by atoms with Gasteiger partial charge in [-0.1, -0.05) is 19.3 Å². The summed E-state index contributed by atoms with van der Waals surface area (Å²) >= 11 is 0. The van der Waals surface area contributed by atoms with Crippen LogP contribution in [0.25, 0.3) is 4.85 Å². The minimum absolute atomic E-state index is 0.100. The molecule has 2 rings (SSSR count). The summed E-state index contributed by atoms with van der Waals surface area (Å²) in [4.78, 5) is 6.53. The van der Waals surface area contributed by atoms with E-state index in [0.717, 1.165) is 12.8 Å². The molecule has 0 atom stereocenters. The van der Waals surface area contributed by atoms with Gasteiger partial charge in [0.25, 0.3) is 5.66 Å². The van der Waals surface area contributed by atoms with Gasteiger partial charge in [0.05, 0.1) is 0 Å². The van der Waals surface area contributed by atoms with Gasteiger partial charge in [-0.25, -0.2) is 11.5 Å². The zero-order valence-electron chi connectivity index (χ0n) is 9.67. The molecule has 0 spiro atoms. The van der Waals surface area contributed by atoms with Gasteiger partial charge >= 0.3 is 0 Å². The van der Waals surface area contributed by atoms with Gasteiger partial charge in [0, 0.05) is 25.9 Å². The minimum Gasteiger partial charge on any atom is -0.293 e. The van der Waals surface area contributed by atoms with Crippen molar-refractivity contribution in [2.45, 2.75) is 63.5 Å². The lowest BCUT2D eigenvalue weighted by Gasteiger charge is -2.36. The summed E-state index contributed by atoms with van der Waals surface area (Å²) in [6, 6.07) is 0. The molecule has 2 heteroatoms. The SMILES string of the molecule is [C-]#[N+]C1(N2CCCCC2)CCCCCC1. The van der Waals surface area contributed by atoms with Gasteiger partial charge < -0.3 is 0 Å². The molecule has 1 aliphatic carbocycles. The van der Waals surface area contributed by atoms with Crippen molar-refractivity contribution >= 4 is 0 Å². The van der Waals surface area contributed by atoms with Gasteiger partial charge in [-0.15, -0.1) is 0 Å². The molecule has 15 heavy (non-hydrogen) atoms. The van der Waals surface area contributed by atoms with Gasteiger partial charge in [0.15, 0.2) is 0 Å². The second-order valence-corrected chi connectivity index (χ2v) is 5.06. The maximum absolute atomic E-state index is 7.56. The van der Waals surface area contributed by atoms with Crippen LogP contribution in [0.1, 0.15) is 57.8 Å². The van der Waals surface area contributed by atoms with E-state index in [0.29, 0.717) is 0 Å². The van der Waals surface area contributed by atoms with Gasteiger partial charge in [0.1, 0.15) is 0 Å². The van der Waals surface area contributed by atoms with E-state index >= 15 is 0 Å². The Morgan fingerprint density at radius 3 is 1.87 bits per heavy atom. The monoisotopic (exact) mass is 206 g/mol. The molecule has 0 N–H and O–H groups in total. The summed E-state index contributed by atoms with van der Waals surface area (Å²) < 4.78 is 0. The Bertz CT molecular complexity index is 227. The van der Waals surface area contributed by atoms with Gasteiger partial charge in [0.2, 0.25) is 0 Å². The highest BCUT2D eigenvalue weighted by Crippen LogP contribution is 2.35. The Kier molecular flexibility index (Phi) is 3.64. The maximum atomic E-state index is 7.56. The zero-order valence-corrected chi connectivity index (χ0v) is 9.67. The summed E-state index contributed by atoms with van der Waals surface area (Å²) in [5.74, 6) is 0. The van der Waals surface area contributed by atoms with Crippen molar-refractivity contribution in [3.05, 3.63) is 11.4 Å². The molecule has 84 valence electrons. The summed E-state index contributed by atoms with van der Waals surface area (Å²) in [6.45, 7) is 9.90. The van der Waals surface area contributed by atoms with Gasteiger partial charge in [-0.2, -0.15) is 0 Å². The number of rotatable bonds is 1. The molecule has 0 unspecified atom stereocenters. The lowest BCUT2D eigenvalue weighted by Crippen LogP contribution is -2.48. The van der Waals surface area contributed by atoms with Crippen LogP contribution in [0.3, 0.4) is 0 Å². The Morgan fingerprint density at radius 1 is 0.800 bits per heavy atom. The Hall–Kier alpha value is -0.550. The van der Waals surface area contributed by atoms with Crippen LogP contribution < -0.4 is 0 Å². The molecule has 0 aromatic carbocycles. The first-order chi connectivity index (χ1) is 7.37. The third-order valence-corrected chi connectivity index (χ3v) is 4.06. The first-order valence-corrected chi connectivity index (χ1v) is 6.51. The predicted molar refractivity (Wildman–Crippen MR) is 62.5 cm³/mol. The molecule has 0 aromatic heterocycles. The van der Waals surface area contributed by atoms with Crippen LogP contribution in [0.2, 0.25) is 0 Å². The van der Waals surface area contributed by atoms with Crippen LogP contribution in [-0.2, 0) is 0 Å². The van der Waals surface area contributed by atoms with E-state index < -0.39 is 0 Å². The smallest absolute Gasteiger partial charge is 0.288 e. The van der Waals surface area contributed by atoms with E-state index in [-0.39, 0.29) is 5.66 Å². The van der Waals surface area contributed by atoms with Crippen LogP contribution in [-0.4, -0.2) is 23.7 Å². The summed E-state index contributed by atoms with van der Waals surface area (Å²) in [5, 5.41) is 0. The number of piperidine rings is 1. The molecule has 1 aliphatic heterocycles. The third-order valence-electron chi connectivity index (χ3n) is 4.06. The predicted octanol–water partition coefficient (Wildman–Crippen LogP) is 3.44. The second kappa shape index (κ2) is 4.99. The van der Waals surface area contributed by atoms with Crippen molar-refractivity contribution in [3.63, 3.8) is 0 Å². The molecular formula is C13H22N2. The molecule has 1 saturated heterocycles. The van der Waals surface area contributed by atoms with E-state index in [4.69, 9.17) is 6.57 Å². The number of nitrogens with zero attached hydrogens (tertiary/aromatic N) is 2. The molecule has 0 aromatic rings. The molecule has 2 aliphatic rings. The Labute approximate surface area is 93.5 Å². The van der Waals surface area contributed by atoms with E-state index in [9.17, 15) is 0 Å². The quantitative estimate of drug-likeness (QED) is 0.471. The third kappa shape index (κ3) is 2.34. The highest BCUT2D eigenvalue weighted by Gasteiger charge is 2.43. The molecule has 2 nitrogen and oxygen atoms in total. The van der Waals surface area contributed by atoms with Crippen molar-refractivity contribution in [2.24, 2.45) is 0 Å². The maximum Gasteiger partial charge on any atom is 0.288 e. The summed E-state index contributed by atoms with van der Waals surface area (Å²) in [7, 11) is 0. The molecule has 2 fully saturated rings. The van der Waals surface area contributed by atoms with E-state index in [1.165, 1.54) is 58.0 Å². The second-order valence-electron chi connectivity index (χ2n) is 5.06. The number of likely N-dealkylation sites (tertiary alicyclic amines) is 1. The van der Waals surface area contributed by atoms with Gasteiger partial charge in [-0.05, 0) is 25.7 Å². The topological polar surface area (TPSA) is 7.60 Å². The summed E-state index contributed by atoms with van der Waals surface area (Å²) in [6.07, 6.45) is 11.4. The molecule has 1 saturated carbocycles. The van der Waals surface area contributed by atoms with Crippen molar-refractivity contribution in [1.82, 2.24) is 4.90 Å². The molecule has 0 bridgehead atoms. The standard InChI is InChI=1S/C13H22N2/c1-14-13(9-5-2-3-6-10-13)15-11-7-4-8-12-15/h2-12H2. The number of hydrogen-bond donors (Lipinski definition) is 0. The van der Waals surface area contributed by atoms with E-state index in [1.807, 2.05) is 0 Å². The fourth-order valence-electron chi connectivity index (χ4n) is 3.10. The lowest BCUT2D eigenvalue weighted by atomic mass is 9.96. The van der Waals surface area contributed by atoms with E-state index in [2.05, 4.69) is 9.74 Å². The zero-order chi connectivity index (χ0) is 10.6. The molecule has 0 radical (unpaired) electrons.